The van der Waals surface area contributed by atoms with E-state index in [9.17, 15) is 5.11 Å². The molecule has 1 atom stereocenters. The molecule has 92 valence electrons. The Morgan fingerprint density at radius 3 is 3.00 bits per heavy atom. The molecule has 0 saturated carbocycles. The van der Waals surface area contributed by atoms with Crippen LogP contribution in [-0.4, -0.2) is 30.6 Å². The summed E-state index contributed by atoms with van der Waals surface area (Å²) in [6.45, 7) is 1.41. The average molecular weight is 274 g/mol. The van der Waals surface area contributed by atoms with E-state index < -0.39 is 0 Å². The highest BCUT2D eigenvalue weighted by molar-refractivity contribution is 6.36. The lowest BCUT2D eigenvalue weighted by Crippen LogP contribution is -2.08. The third kappa shape index (κ3) is 3.35. The predicted molar refractivity (Wildman–Crippen MR) is 69.6 cm³/mol. The molecule has 17 heavy (non-hydrogen) atoms. The maximum atomic E-state index is 9.70. The molecular formula is C12H13Cl2NO2. The molecule has 1 aromatic rings. The second-order valence-electron chi connectivity index (χ2n) is 3.95. The maximum absolute atomic E-state index is 9.70. The van der Waals surface area contributed by atoms with E-state index in [1.807, 2.05) is 0 Å². The van der Waals surface area contributed by atoms with Crippen LogP contribution in [0.15, 0.2) is 17.1 Å². The molecule has 0 aliphatic carbocycles. The fourth-order valence-corrected chi connectivity index (χ4v) is 2.25. The van der Waals surface area contributed by atoms with Crippen LogP contribution in [0.4, 0.5) is 0 Å². The molecule has 1 aromatic carbocycles. The van der Waals surface area contributed by atoms with Crippen LogP contribution >= 0.6 is 23.2 Å². The van der Waals surface area contributed by atoms with Gasteiger partial charge in [-0.3, -0.25) is 4.99 Å². The Balaban J connectivity index is 2.04. The Labute approximate surface area is 110 Å². The SMILES string of the molecule is Oc1c(Cl)cc(Cl)cc1C=NC[C@@H]1CCCO1. The van der Waals surface area contributed by atoms with Crippen molar-refractivity contribution >= 4 is 29.4 Å². The summed E-state index contributed by atoms with van der Waals surface area (Å²) in [5, 5.41) is 10.4. The molecule has 1 aliphatic heterocycles. The third-order valence-corrected chi connectivity index (χ3v) is 3.13. The van der Waals surface area contributed by atoms with Gasteiger partial charge in [-0.05, 0) is 25.0 Å². The van der Waals surface area contributed by atoms with Crippen LogP contribution in [0.5, 0.6) is 5.75 Å². The number of hydrogen-bond acceptors (Lipinski definition) is 3. The van der Waals surface area contributed by atoms with Crippen molar-refractivity contribution in [2.24, 2.45) is 4.99 Å². The molecule has 0 radical (unpaired) electrons. The number of phenols is 1. The number of benzene rings is 1. The lowest BCUT2D eigenvalue weighted by molar-refractivity contribution is 0.118. The van der Waals surface area contributed by atoms with Crippen molar-refractivity contribution in [3.8, 4) is 5.75 Å². The number of hydrogen-bond donors (Lipinski definition) is 1. The summed E-state index contributed by atoms with van der Waals surface area (Å²) in [5.74, 6) is 0.00663. The summed E-state index contributed by atoms with van der Waals surface area (Å²) in [5.41, 5.74) is 0.528. The van der Waals surface area contributed by atoms with Gasteiger partial charge in [-0.1, -0.05) is 23.2 Å². The zero-order valence-electron chi connectivity index (χ0n) is 9.20. The normalized spacial score (nSPS) is 20.2. The maximum Gasteiger partial charge on any atom is 0.143 e. The molecule has 0 unspecified atom stereocenters. The van der Waals surface area contributed by atoms with E-state index >= 15 is 0 Å². The second-order valence-corrected chi connectivity index (χ2v) is 4.80. The molecule has 0 aromatic heterocycles. The molecule has 0 spiro atoms. The first-order valence-electron chi connectivity index (χ1n) is 5.46. The van der Waals surface area contributed by atoms with Crippen LogP contribution in [0.2, 0.25) is 10.0 Å². The molecule has 1 saturated heterocycles. The Bertz CT molecular complexity index is 429. The summed E-state index contributed by atoms with van der Waals surface area (Å²) < 4.78 is 5.44. The summed E-state index contributed by atoms with van der Waals surface area (Å²) in [6.07, 6.45) is 3.91. The molecular weight excluding hydrogens is 261 g/mol. The van der Waals surface area contributed by atoms with E-state index in [0.29, 0.717) is 17.1 Å². The summed E-state index contributed by atoms with van der Waals surface area (Å²) in [4.78, 5) is 4.24. The van der Waals surface area contributed by atoms with E-state index in [2.05, 4.69) is 4.99 Å². The van der Waals surface area contributed by atoms with Gasteiger partial charge in [0, 0.05) is 23.4 Å². The Kier molecular flexibility index (Phi) is 4.26. The van der Waals surface area contributed by atoms with Crippen molar-refractivity contribution in [3.63, 3.8) is 0 Å². The Morgan fingerprint density at radius 2 is 2.29 bits per heavy atom. The standard InChI is InChI=1S/C12H13Cl2NO2/c13-9-4-8(12(16)11(14)5-9)6-15-7-10-2-1-3-17-10/h4-6,10,16H,1-3,7H2/t10-/m0/s1. The highest BCUT2D eigenvalue weighted by Crippen LogP contribution is 2.30. The average Bonchev–Trinajstić information content (AvgIpc) is 2.78. The van der Waals surface area contributed by atoms with Crippen molar-refractivity contribution in [1.82, 2.24) is 0 Å². The zero-order valence-corrected chi connectivity index (χ0v) is 10.7. The summed E-state index contributed by atoms with van der Waals surface area (Å²) in [6, 6.07) is 3.12. The van der Waals surface area contributed by atoms with Gasteiger partial charge in [0.2, 0.25) is 0 Å². The van der Waals surface area contributed by atoms with Crippen molar-refractivity contribution in [1.29, 1.82) is 0 Å². The largest absolute Gasteiger partial charge is 0.506 e. The van der Waals surface area contributed by atoms with Gasteiger partial charge in [0.05, 0.1) is 17.7 Å². The van der Waals surface area contributed by atoms with Gasteiger partial charge in [-0.2, -0.15) is 0 Å². The second kappa shape index (κ2) is 5.71. The summed E-state index contributed by atoms with van der Waals surface area (Å²) >= 11 is 11.7. The van der Waals surface area contributed by atoms with Crippen molar-refractivity contribution in [3.05, 3.63) is 27.7 Å². The van der Waals surface area contributed by atoms with Crippen molar-refractivity contribution in [2.45, 2.75) is 18.9 Å². The van der Waals surface area contributed by atoms with Gasteiger partial charge in [-0.25, -0.2) is 0 Å². The Morgan fingerprint density at radius 1 is 1.47 bits per heavy atom. The van der Waals surface area contributed by atoms with E-state index in [1.165, 1.54) is 6.07 Å². The third-order valence-electron chi connectivity index (χ3n) is 2.62. The van der Waals surface area contributed by atoms with Crippen LogP contribution in [0.1, 0.15) is 18.4 Å². The van der Waals surface area contributed by atoms with Gasteiger partial charge in [-0.15, -0.1) is 0 Å². The zero-order chi connectivity index (χ0) is 12.3. The number of phenolic OH excluding ortho intramolecular Hbond substituents is 1. The quantitative estimate of drug-likeness (QED) is 0.859. The number of aromatic hydroxyl groups is 1. The predicted octanol–water partition coefficient (Wildman–Crippen LogP) is 3.30. The van der Waals surface area contributed by atoms with E-state index in [4.69, 9.17) is 27.9 Å². The monoisotopic (exact) mass is 273 g/mol. The first kappa shape index (κ1) is 12.7. The highest BCUT2D eigenvalue weighted by atomic mass is 35.5. The van der Waals surface area contributed by atoms with E-state index in [0.717, 1.165) is 19.4 Å². The number of nitrogens with zero attached hydrogens (tertiary/aromatic N) is 1. The fourth-order valence-electron chi connectivity index (χ4n) is 1.74. The molecule has 1 heterocycles. The lowest BCUT2D eigenvalue weighted by Gasteiger charge is -2.05. The number of rotatable bonds is 3. The molecule has 1 aliphatic rings. The van der Waals surface area contributed by atoms with Crippen LogP contribution in [-0.2, 0) is 4.74 Å². The van der Waals surface area contributed by atoms with Gasteiger partial charge in [0.15, 0.2) is 0 Å². The first-order valence-corrected chi connectivity index (χ1v) is 6.22. The molecule has 3 nitrogen and oxygen atoms in total. The highest BCUT2D eigenvalue weighted by Gasteiger charge is 2.14. The van der Waals surface area contributed by atoms with Crippen molar-refractivity contribution in [2.75, 3.05) is 13.2 Å². The van der Waals surface area contributed by atoms with Gasteiger partial charge >= 0.3 is 0 Å². The minimum Gasteiger partial charge on any atom is -0.506 e. The van der Waals surface area contributed by atoms with Crippen LogP contribution in [0, 0.1) is 0 Å². The van der Waals surface area contributed by atoms with Gasteiger partial charge < -0.3 is 9.84 Å². The number of halogens is 2. The summed E-state index contributed by atoms with van der Waals surface area (Å²) in [7, 11) is 0. The van der Waals surface area contributed by atoms with E-state index in [-0.39, 0.29) is 16.9 Å². The molecule has 0 bridgehead atoms. The van der Waals surface area contributed by atoms with Gasteiger partial charge in [0.25, 0.3) is 0 Å². The molecule has 1 fully saturated rings. The lowest BCUT2D eigenvalue weighted by atomic mass is 10.2. The minimum absolute atomic E-state index is 0.00663. The topological polar surface area (TPSA) is 41.8 Å². The fraction of sp³-hybridized carbons (Fsp3) is 0.417. The van der Waals surface area contributed by atoms with E-state index in [1.54, 1.807) is 12.3 Å². The molecule has 2 rings (SSSR count). The minimum atomic E-state index is 0.00663. The molecule has 5 heteroatoms. The van der Waals surface area contributed by atoms with Crippen LogP contribution < -0.4 is 0 Å². The molecule has 1 N–H and O–H groups in total. The Hall–Kier alpha value is -0.770. The number of ether oxygens (including phenoxy) is 1. The molecule has 0 amide bonds. The number of aliphatic imine (C=N–C) groups is 1. The van der Waals surface area contributed by atoms with Crippen molar-refractivity contribution < 1.29 is 9.84 Å². The van der Waals surface area contributed by atoms with Crippen LogP contribution in [0.3, 0.4) is 0 Å². The smallest absolute Gasteiger partial charge is 0.143 e. The first-order chi connectivity index (χ1) is 8.16. The van der Waals surface area contributed by atoms with Crippen LogP contribution in [0.25, 0.3) is 0 Å². The van der Waals surface area contributed by atoms with Gasteiger partial charge in [0.1, 0.15) is 5.75 Å².